The highest BCUT2D eigenvalue weighted by Crippen LogP contribution is 2.22. The van der Waals surface area contributed by atoms with Gasteiger partial charge in [0.1, 0.15) is 5.82 Å². The molecular weight excluding hydrogens is 429 g/mol. The Labute approximate surface area is 179 Å². The Bertz CT molecular complexity index is 1140. The molecule has 0 aliphatic carbocycles. The first kappa shape index (κ1) is 21.7. The molecule has 0 radical (unpaired) electrons. The molecule has 2 aromatic carbocycles. The van der Waals surface area contributed by atoms with Crippen LogP contribution in [0, 0.1) is 5.82 Å². The Hall–Kier alpha value is -2.97. The fourth-order valence-corrected chi connectivity index (χ4v) is 4.02. The molecule has 0 fully saturated rings. The van der Waals surface area contributed by atoms with Gasteiger partial charge in [0, 0.05) is 43.2 Å². The van der Waals surface area contributed by atoms with Gasteiger partial charge >= 0.3 is 0 Å². The molecule has 0 aliphatic rings. The molecule has 0 unspecified atom stereocenters. The van der Waals surface area contributed by atoms with E-state index in [0.29, 0.717) is 18.5 Å². The lowest BCUT2D eigenvalue weighted by Crippen LogP contribution is -2.29. The van der Waals surface area contributed by atoms with Crippen molar-refractivity contribution in [1.82, 2.24) is 9.88 Å². The number of amides is 1. The number of nitrogens with one attached hydrogen (secondary N) is 1. The standard InChI is InChI=1S/C21H19ClFN3O3S/c1-26(13-11-16-4-2-3-12-24-16)21(27)15-5-7-17(8-6-15)25-30(28,29)18-9-10-20(23)19(22)14-18/h2-10,12,14,25H,11,13H2,1H3. The molecule has 0 saturated heterocycles. The van der Waals surface area contributed by atoms with Gasteiger partial charge in [-0.1, -0.05) is 17.7 Å². The van der Waals surface area contributed by atoms with E-state index in [0.717, 1.165) is 23.9 Å². The Morgan fingerprint density at radius 2 is 1.87 bits per heavy atom. The van der Waals surface area contributed by atoms with E-state index in [1.165, 1.54) is 24.3 Å². The molecule has 0 aliphatic heterocycles. The van der Waals surface area contributed by atoms with Crippen LogP contribution in [-0.4, -0.2) is 37.8 Å². The SMILES string of the molecule is CN(CCc1ccccn1)C(=O)c1ccc(NS(=O)(=O)c2ccc(F)c(Cl)c2)cc1. The fraction of sp³-hybridized carbons (Fsp3) is 0.143. The quantitative estimate of drug-likeness (QED) is 0.594. The van der Waals surface area contributed by atoms with Crippen LogP contribution in [0.4, 0.5) is 10.1 Å². The molecule has 0 spiro atoms. The number of likely N-dealkylation sites (N-methyl/N-ethyl adjacent to an activating group) is 1. The van der Waals surface area contributed by atoms with Crippen LogP contribution >= 0.6 is 11.6 Å². The first-order chi connectivity index (χ1) is 14.3. The number of carbonyl (C=O) groups excluding carboxylic acids is 1. The van der Waals surface area contributed by atoms with Crippen molar-refractivity contribution in [2.24, 2.45) is 0 Å². The Kier molecular flexibility index (Phi) is 6.69. The molecule has 3 rings (SSSR count). The first-order valence-corrected chi connectivity index (χ1v) is 10.9. The lowest BCUT2D eigenvalue weighted by Gasteiger charge is -2.17. The maximum atomic E-state index is 13.3. The van der Waals surface area contributed by atoms with Gasteiger partial charge in [0.05, 0.1) is 9.92 Å². The third-order valence-corrected chi connectivity index (χ3v) is 6.03. The summed E-state index contributed by atoms with van der Waals surface area (Å²) in [6.07, 6.45) is 2.33. The van der Waals surface area contributed by atoms with E-state index in [1.54, 1.807) is 18.1 Å². The third kappa shape index (κ3) is 5.34. The van der Waals surface area contributed by atoms with Crippen molar-refractivity contribution in [2.75, 3.05) is 18.3 Å². The fourth-order valence-electron chi connectivity index (χ4n) is 2.69. The van der Waals surface area contributed by atoms with Gasteiger partial charge in [0.25, 0.3) is 15.9 Å². The Balaban J connectivity index is 1.65. The number of hydrogen-bond donors (Lipinski definition) is 1. The van der Waals surface area contributed by atoms with Crippen LogP contribution < -0.4 is 4.72 Å². The average Bonchev–Trinajstić information content (AvgIpc) is 2.74. The predicted molar refractivity (Wildman–Crippen MR) is 114 cm³/mol. The summed E-state index contributed by atoms with van der Waals surface area (Å²) in [5.41, 5.74) is 1.58. The van der Waals surface area contributed by atoms with E-state index in [2.05, 4.69) is 9.71 Å². The molecule has 0 bridgehead atoms. The van der Waals surface area contributed by atoms with E-state index >= 15 is 0 Å². The van der Waals surface area contributed by atoms with E-state index in [4.69, 9.17) is 11.6 Å². The van der Waals surface area contributed by atoms with Crippen molar-refractivity contribution in [3.63, 3.8) is 0 Å². The molecular formula is C21H19ClFN3O3S. The summed E-state index contributed by atoms with van der Waals surface area (Å²) in [6.45, 7) is 0.496. The zero-order chi connectivity index (χ0) is 21.7. The zero-order valence-corrected chi connectivity index (χ0v) is 17.6. The van der Waals surface area contributed by atoms with E-state index < -0.39 is 15.8 Å². The second-order valence-corrected chi connectivity index (χ2v) is 8.65. The summed E-state index contributed by atoms with van der Waals surface area (Å²) in [6, 6.07) is 14.8. The van der Waals surface area contributed by atoms with Gasteiger partial charge in [-0.25, -0.2) is 12.8 Å². The van der Waals surface area contributed by atoms with Gasteiger partial charge in [-0.3, -0.25) is 14.5 Å². The van der Waals surface area contributed by atoms with Crippen molar-refractivity contribution < 1.29 is 17.6 Å². The minimum atomic E-state index is -3.94. The van der Waals surface area contributed by atoms with Crippen molar-refractivity contribution in [3.05, 3.63) is 89.0 Å². The number of hydrogen-bond acceptors (Lipinski definition) is 4. The molecule has 30 heavy (non-hydrogen) atoms. The summed E-state index contributed by atoms with van der Waals surface area (Å²) in [4.78, 5) is 18.2. The predicted octanol–water partition coefficient (Wildman–Crippen LogP) is 3.99. The van der Waals surface area contributed by atoms with Crippen LogP contribution in [0.5, 0.6) is 0 Å². The van der Waals surface area contributed by atoms with Gasteiger partial charge in [0.15, 0.2) is 0 Å². The highest BCUT2D eigenvalue weighted by Gasteiger charge is 2.17. The second kappa shape index (κ2) is 9.23. The summed E-state index contributed by atoms with van der Waals surface area (Å²) in [7, 11) is -2.25. The number of carbonyl (C=O) groups is 1. The van der Waals surface area contributed by atoms with Crippen LogP contribution in [-0.2, 0) is 16.4 Å². The summed E-state index contributed by atoms with van der Waals surface area (Å²) in [5, 5.41) is -0.285. The topological polar surface area (TPSA) is 79.4 Å². The normalized spacial score (nSPS) is 11.2. The maximum Gasteiger partial charge on any atom is 0.261 e. The number of sulfonamides is 1. The zero-order valence-electron chi connectivity index (χ0n) is 16.0. The number of rotatable bonds is 7. The van der Waals surface area contributed by atoms with Crippen molar-refractivity contribution in [3.8, 4) is 0 Å². The number of benzene rings is 2. The molecule has 1 heterocycles. The molecule has 1 amide bonds. The van der Waals surface area contributed by atoms with Crippen LogP contribution in [0.1, 0.15) is 16.1 Å². The minimum Gasteiger partial charge on any atom is -0.341 e. The van der Waals surface area contributed by atoms with Crippen molar-refractivity contribution in [2.45, 2.75) is 11.3 Å². The van der Waals surface area contributed by atoms with Crippen LogP contribution in [0.15, 0.2) is 71.8 Å². The number of nitrogens with zero attached hydrogens (tertiary/aromatic N) is 2. The molecule has 1 N–H and O–H groups in total. The van der Waals surface area contributed by atoms with Gasteiger partial charge in [-0.15, -0.1) is 0 Å². The molecule has 0 saturated carbocycles. The monoisotopic (exact) mass is 447 g/mol. The van der Waals surface area contributed by atoms with Gasteiger partial charge in [0.2, 0.25) is 0 Å². The third-order valence-electron chi connectivity index (χ3n) is 4.36. The van der Waals surface area contributed by atoms with Gasteiger partial charge in [-0.2, -0.15) is 0 Å². The molecule has 6 nitrogen and oxygen atoms in total. The van der Waals surface area contributed by atoms with Gasteiger partial charge in [-0.05, 0) is 54.6 Å². The van der Waals surface area contributed by atoms with E-state index in [9.17, 15) is 17.6 Å². The highest BCUT2D eigenvalue weighted by molar-refractivity contribution is 7.92. The molecule has 3 aromatic rings. The lowest BCUT2D eigenvalue weighted by molar-refractivity contribution is 0.0796. The number of anilines is 1. The largest absolute Gasteiger partial charge is 0.341 e. The minimum absolute atomic E-state index is 0.164. The molecule has 156 valence electrons. The second-order valence-electron chi connectivity index (χ2n) is 6.56. The summed E-state index contributed by atoms with van der Waals surface area (Å²) in [5.74, 6) is -0.892. The highest BCUT2D eigenvalue weighted by atomic mass is 35.5. The smallest absolute Gasteiger partial charge is 0.261 e. The summed E-state index contributed by atoms with van der Waals surface area (Å²) >= 11 is 5.66. The lowest BCUT2D eigenvalue weighted by atomic mass is 10.2. The average molecular weight is 448 g/mol. The van der Waals surface area contributed by atoms with E-state index in [-0.39, 0.29) is 21.5 Å². The Morgan fingerprint density at radius 3 is 2.50 bits per heavy atom. The van der Waals surface area contributed by atoms with Crippen molar-refractivity contribution in [1.29, 1.82) is 0 Å². The number of pyridine rings is 1. The Morgan fingerprint density at radius 1 is 1.13 bits per heavy atom. The maximum absolute atomic E-state index is 13.3. The number of aromatic nitrogens is 1. The molecule has 0 atom stereocenters. The molecule has 9 heteroatoms. The van der Waals surface area contributed by atoms with Crippen molar-refractivity contribution >= 4 is 33.2 Å². The first-order valence-electron chi connectivity index (χ1n) is 8.99. The van der Waals surface area contributed by atoms with Crippen LogP contribution in [0.2, 0.25) is 5.02 Å². The van der Waals surface area contributed by atoms with E-state index in [1.807, 2.05) is 18.2 Å². The molecule has 1 aromatic heterocycles. The van der Waals surface area contributed by atoms with Crippen LogP contribution in [0.25, 0.3) is 0 Å². The van der Waals surface area contributed by atoms with Gasteiger partial charge < -0.3 is 4.90 Å². The van der Waals surface area contributed by atoms with Crippen LogP contribution in [0.3, 0.4) is 0 Å². The summed E-state index contributed by atoms with van der Waals surface area (Å²) < 4.78 is 40.5. The number of halogens is 2.